The van der Waals surface area contributed by atoms with Crippen LogP contribution in [0.5, 0.6) is 5.75 Å². The van der Waals surface area contributed by atoms with Crippen LogP contribution in [0.3, 0.4) is 0 Å². The number of unbranched alkanes of at least 4 members (excludes halogenated alkanes) is 4. The smallest absolute Gasteiger partial charge is 0.387 e. The highest BCUT2D eigenvalue weighted by Gasteiger charge is 2.21. The van der Waals surface area contributed by atoms with Crippen molar-refractivity contribution in [2.75, 3.05) is 0 Å². The summed E-state index contributed by atoms with van der Waals surface area (Å²) in [6, 6.07) is 12.8. The quantitative estimate of drug-likeness (QED) is 0.173. The number of ether oxygens (including phenoxy) is 1. The zero-order valence-electron chi connectivity index (χ0n) is 21.8. The first-order valence-corrected chi connectivity index (χ1v) is 13.9. The number of alkyl halides is 2. The maximum atomic E-state index is 15.3. The van der Waals surface area contributed by atoms with E-state index in [0.29, 0.717) is 5.39 Å². The summed E-state index contributed by atoms with van der Waals surface area (Å²) < 4.78 is 58.4. The molecule has 5 heteroatoms. The van der Waals surface area contributed by atoms with Gasteiger partial charge in [-0.05, 0) is 53.3 Å². The Hall–Kier alpha value is -2.56. The molecule has 37 heavy (non-hydrogen) atoms. The first-order valence-electron chi connectivity index (χ1n) is 13.9. The van der Waals surface area contributed by atoms with Gasteiger partial charge in [0.2, 0.25) is 0 Å². The van der Waals surface area contributed by atoms with Gasteiger partial charge in [-0.15, -0.1) is 0 Å². The van der Waals surface area contributed by atoms with E-state index in [1.165, 1.54) is 82.3 Å². The summed E-state index contributed by atoms with van der Waals surface area (Å²) in [4.78, 5) is 0. The largest absolute Gasteiger partial charge is 0.432 e. The fourth-order valence-corrected chi connectivity index (χ4v) is 5.80. The van der Waals surface area contributed by atoms with Crippen LogP contribution in [0.1, 0.15) is 83.1 Å². The van der Waals surface area contributed by atoms with E-state index in [2.05, 4.69) is 11.7 Å². The molecule has 4 rings (SSSR count). The molecule has 0 N–H and O–H groups in total. The molecule has 0 spiro atoms. The number of aryl methyl sites for hydroxylation is 1. The van der Waals surface area contributed by atoms with Crippen LogP contribution < -0.4 is 4.74 Å². The van der Waals surface area contributed by atoms with Crippen molar-refractivity contribution in [2.45, 2.75) is 90.6 Å². The molecule has 0 radical (unpaired) electrons. The van der Waals surface area contributed by atoms with Crippen molar-refractivity contribution in [3.05, 3.63) is 65.7 Å². The van der Waals surface area contributed by atoms with Crippen LogP contribution in [0.2, 0.25) is 0 Å². The van der Waals surface area contributed by atoms with Gasteiger partial charge in [-0.3, -0.25) is 0 Å². The van der Waals surface area contributed by atoms with Crippen molar-refractivity contribution >= 4 is 10.8 Å². The monoisotopic (exact) mass is 514 g/mol. The highest BCUT2D eigenvalue weighted by Crippen LogP contribution is 2.35. The molecule has 0 atom stereocenters. The molecule has 3 aromatic rings. The molecular formula is C32H38F4O. The van der Waals surface area contributed by atoms with Gasteiger partial charge in [0.1, 0.15) is 5.82 Å². The maximum Gasteiger partial charge on any atom is 0.387 e. The summed E-state index contributed by atoms with van der Waals surface area (Å²) in [5.41, 5.74) is 1.71. The Balaban J connectivity index is 1.33. The van der Waals surface area contributed by atoms with Crippen molar-refractivity contribution in [3.8, 4) is 16.9 Å². The van der Waals surface area contributed by atoms with Crippen LogP contribution in [-0.2, 0) is 6.42 Å². The third kappa shape index (κ3) is 7.49. The van der Waals surface area contributed by atoms with Gasteiger partial charge in [0.05, 0.1) is 0 Å². The van der Waals surface area contributed by atoms with E-state index in [4.69, 9.17) is 0 Å². The topological polar surface area (TPSA) is 9.23 Å². The van der Waals surface area contributed by atoms with Crippen molar-refractivity contribution in [3.63, 3.8) is 0 Å². The summed E-state index contributed by atoms with van der Waals surface area (Å²) in [5, 5.41) is 1.28. The molecule has 3 aromatic carbocycles. The van der Waals surface area contributed by atoms with E-state index >= 15 is 4.39 Å². The lowest BCUT2D eigenvalue weighted by molar-refractivity contribution is -0.0521. The Kier molecular flexibility index (Phi) is 9.88. The molecular weight excluding hydrogens is 476 g/mol. The average molecular weight is 515 g/mol. The average Bonchev–Trinajstić information content (AvgIpc) is 2.89. The molecule has 0 aliphatic heterocycles. The standard InChI is InChI=1S/C32H38F4O/c1-2-3-4-5-6-7-22-8-10-23(11-9-22)12-13-24-14-17-27-25(20-24)15-18-28(31(27)34)26-16-19-30(29(33)21-26)37-32(35)36/h14-23,32H,2-13H2,1H3. The van der Waals surface area contributed by atoms with Crippen LogP contribution in [0.15, 0.2) is 48.5 Å². The molecule has 1 fully saturated rings. The lowest BCUT2D eigenvalue weighted by Crippen LogP contribution is -2.15. The van der Waals surface area contributed by atoms with Gasteiger partial charge < -0.3 is 4.74 Å². The van der Waals surface area contributed by atoms with Gasteiger partial charge in [-0.2, -0.15) is 8.78 Å². The second-order valence-electron chi connectivity index (χ2n) is 10.6. The zero-order valence-corrected chi connectivity index (χ0v) is 21.8. The van der Waals surface area contributed by atoms with E-state index in [-0.39, 0.29) is 11.1 Å². The number of hydrogen-bond acceptors (Lipinski definition) is 1. The maximum absolute atomic E-state index is 15.3. The van der Waals surface area contributed by atoms with Crippen molar-refractivity contribution in [1.82, 2.24) is 0 Å². The first-order chi connectivity index (χ1) is 17.9. The SMILES string of the molecule is CCCCCCCC1CCC(CCc2ccc3c(F)c(-c4ccc(OC(F)F)c(F)c4)ccc3c2)CC1. The number of hydrogen-bond donors (Lipinski definition) is 0. The molecule has 1 aliphatic rings. The van der Waals surface area contributed by atoms with Gasteiger partial charge in [0.15, 0.2) is 11.6 Å². The second-order valence-corrected chi connectivity index (χ2v) is 10.6. The van der Waals surface area contributed by atoms with Crippen molar-refractivity contribution in [2.24, 2.45) is 11.8 Å². The molecule has 0 amide bonds. The molecule has 1 aliphatic carbocycles. The molecule has 1 nitrogen and oxygen atoms in total. The van der Waals surface area contributed by atoms with Gasteiger partial charge in [0, 0.05) is 10.9 Å². The van der Waals surface area contributed by atoms with E-state index in [0.717, 1.165) is 35.8 Å². The summed E-state index contributed by atoms with van der Waals surface area (Å²) >= 11 is 0. The molecule has 0 saturated heterocycles. The highest BCUT2D eigenvalue weighted by molar-refractivity contribution is 5.88. The fraction of sp³-hybridized carbons (Fsp3) is 0.500. The van der Waals surface area contributed by atoms with Crippen LogP contribution in [-0.4, -0.2) is 6.61 Å². The third-order valence-electron chi connectivity index (χ3n) is 8.00. The molecule has 0 heterocycles. The minimum atomic E-state index is -3.12. The number of fused-ring (bicyclic) bond motifs is 1. The molecule has 0 aromatic heterocycles. The fourth-order valence-electron chi connectivity index (χ4n) is 5.80. The van der Waals surface area contributed by atoms with Crippen LogP contribution in [0, 0.1) is 23.5 Å². The number of rotatable bonds is 12. The van der Waals surface area contributed by atoms with Crippen molar-refractivity contribution < 1.29 is 22.3 Å². The summed E-state index contributed by atoms with van der Waals surface area (Å²) in [6.07, 6.45) is 15.7. The van der Waals surface area contributed by atoms with Gasteiger partial charge >= 0.3 is 6.61 Å². The normalized spacial score (nSPS) is 18.0. The predicted octanol–water partition coefficient (Wildman–Crippen LogP) is 10.5. The summed E-state index contributed by atoms with van der Waals surface area (Å²) in [6.45, 7) is -0.857. The molecule has 200 valence electrons. The molecule has 0 unspecified atom stereocenters. The Morgan fingerprint density at radius 1 is 0.811 bits per heavy atom. The Morgan fingerprint density at radius 2 is 1.54 bits per heavy atom. The summed E-state index contributed by atoms with van der Waals surface area (Å²) in [5.74, 6) is -0.261. The minimum absolute atomic E-state index is 0.227. The molecule has 0 bridgehead atoms. The summed E-state index contributed by atoms with van der Waals surface area (Å²) in [7, 11) is 0. The minimum Gasteiger partial charge on any atom is -0.432 e. The lowest BCUT2D eigenvalue weighted by atomic mass is 9.77. The second kappa shape index (κ2) is 13.3. The number of benzene rings is 3. The number of halogens is 4. The Labute approximate surface area is 218 Å². The van der Waals surface area contributed by atoms with Crippen LogP contribution in [0.4, 0.5) is 17.6 Å². The highest BCUT2D eigenvalue weighted by atomic mass is 19.3. The lowest BCUT2D eigenvalue weighted by Gasteiger charge is -2.28. The van der Waals surface area contributed by atoms with Gasteiger partial charge in [-0.25, -0.2) is 8.78 Å². The van der Waals surface area contributed by atoms with Gasteiger partial charge in [0.25, 0.3) is 0 Å². The third-order valence-corrected chi connectivity index (χ3v) is 8.00. The van der Waals surface area contributed by atoms with E-state index in [9.17, 15) is 13.2 Å². The predicted molar refractivity (Wildman–Crippen MR) is 143 cm³/mol. The zero-order chi connectivity index (χ0) is 26.2. The first kappa shape index (κ1) is 27.5. The van der Waals surface area contributed by atoms with E-state index < -0.39 is 24.0 Å². The molecule has 1 saturated carbocycles. The van der Waals surface area contributed by atoms with Crippen LogP contribution in [0.25, 0.3) is 21.9 Å². The van der Waals surface area contributed by atoms with Gasteiger partial charge in [-0.1, -0.05) is 108 Å². The Morgan fingerprint density at radius 3 is 2.24 bits per heavy atom. The van der Waals surface area contributed by atoms with Crippen molar-refractivity contribution in [1.29, 1.82) is 0 Å². The van der Waals surface area contributed by atoms with Crippen LogP contribution >= 0.6 is 0 Å². The Bertz CT molecular complexity index is 1150. The van der Waals surface area contributed by atoms with E-state index in [1.807, 2.05) is 18.2 Å². The van der Waals surface area contributed by atoms with E-state index in [1.54, 1.807) is 12.1 Å².